The summed E-state index contributed by atoms with van der Waals surface area (Å²) in [7, 11) is 0. The second-order valence-corrected chi connectivity index (χ2v) is 2.65. The van der Waals surface area contributed by atoms with Gasteiger partial charge in [0, 0.05) is 18.1 Å². The zero-order valence-electron chi connectivity index (χ0n) is 6.78. The number of nitrogens with two attached hydrogens (primary N) is 1. The van der Waals surface area contributed by atoms with E-state index in [4.69, 9.17) is 15.3 Å². The number of rotatable bonds is 3. The van der Waals surface area contributed by atoms with Crippen LogP contribution in [0.3, 0.4) is 0 Å². The molecule has 0 radical (unpaired) electrons. The van der Waals surface area contributed by atoms with Gasteiger partial charge in [0.15, 0.2) is 5.76 Å². The van der Waals surface area contributed by atoms with Crippen molar-refractivity contribution in [2.75, 3.05) is 6.61 Å². The Morgan fingerprint density at radius 1 is 1.83 bits per heavy atom. The van der Waals surface area contributed by atoms with E-state index in [1.165, 1.54) is 6.26 Å². The molecule has 1 heterocycles. The predicted octanol–water partition coefficient (Wildman–Crippen LogP) is 0.474. The van der Waals surface area contributed by atoms with E-state index in [1.54, 1.807) is 13.0 Å². The van der Waals surface area contributed by atoms with Crippen LogP contribution >= 0.6 is 0 Å². The topological polar surface area (TPSA) is 76.5 Å². The molecule has 3 N–H and O–H groups in total. The fourth-order valence-corrected chi connectivity index (χ4v) is 1.01. The second kappa shape index (κ2) is 3.40. The third kappa shape index (κ3) is 1.48. The van der Waals surface area contributed by atoms with Gasteiger partial charge in [0.05, 0.1) is 6.26 Å². The Morgan fingerprint density at radius 3 is 3.00 bits per heavy atom. The maximum atomic E-state index is 10.8. The second-order valence-electron chi connectivity index (χ2n) is 2.65. The minimum absolute atomic E-state index is 0.0280. The van der Waals surface area contributed by atoms with Crippen molar-refractivity contribution in [1.29, 1.82) is 0 Å². The van der Waals surface area contributed by atoms with Crippen LogP contribution in [0, 0.1) is 0 Å². The molecule has 1 rings (SSSR count). The summed E-state index contributed by atoms with van der Waals surface area (Å²) in [5.74, 6) is -0.585. The molecule has 66 valence electrons. The van der Waals surface area contributed by atoms with Gasteiger partial charge in [0.25, 0.3) is 5.91 Å². The Kier molecular flexibility index (Phi) is 2.50. The predicted molar refractivity (Wildman–Crippen MR) is 42.7 cm³/mol. The minimum atomic E-state index is -0.602. The van der Waals surface area contributed by atoms with Crippen LogP contribution < -0.4 is 5.73 Å². The Morgan fingerprint density at radius 2 is 2.50 bits per heavy atom. The number of primary amides is 1. The van der Waals surface area contributed by atoms with Crippen molar-refractivity contribution in [1.82, 2.24) is 0 Å². The molecule has 12 heavy (non-hydrogen) atoms. The number of furan rings is 1. The molecule has 1 aromatic rings. The third-order valence-corrected chi connectivity index (χ3v) is 1.72. The average molecular weight is 169 g/mol. The van der Waals surface area contributed by atoms with Crippen LogP contribution in [0.5, 0.6) is 0 Å². The maximum absolute atomic E-state index is 10.8. The lowest BCUT2D eigenvalue weighted by Crippen LogP contribution is -2.13. The van der Waals surface area contributed by atoms with Crippen LogP contribution in [0.1, 0.15) is 29.0 Å². The van der Waals surface area contributed by atoms with E-state index in [9.17, 15) is 4.79 Å². The van der Waals surface area contributed by atoms with Crippen molar-refractivity contribution in [3.05, 3.63) is 23.7 Å². The lowest BCUT2D eigenvalue weighted by atomic mass is 10.0. The molecule has 1 atom stereocenters. The number of hydrogen-bond donors (Lipinski definition) is 2. The highest BCUT2D eigenvalue weighted by atomic mass is 16.3. The highest BCUT2D eigenvalue weighted by Gasteiger charge is 2.16. The molecule has 0 aliphatic heterocycles. The quantitative estimate of drug-likeness (QED) is 0.690. The molecule has 0 aliphatic rings. The van der Waals surface area contributed by atoms with Gasteiger partial charge in [-0.05, 0) is 6.07 Å². The Balaban J connectivity index is 2.98. The van der Waals surface area contributed by atoms with Crippen LogP contribution in [-0.2, 0) is 0 Å². The first kappa shape index (κ1) is 8.80. The van der Waals surface area contributed by atoms with Crippen molar-refractivity contribution < 1.29 is 14.3 Å². The number of aliphatic hydroxyl groups excluding tert-OH is 1. The molecule has 0 aliphatic carbocycles. The number of amides is 1. The smallest absolute Gasteiger partial charge is 0.284 e. The van der Waals surface area contributed by atoms with E-state index in [0.29, 0.717) is 5.56 Å². The summed E-state index contributed by atoms with van der Waals surface area (Å²) in [5.41, 5.74) is 5.69. The summed E-state index contributed by atoms with van der Waals surface area (Å²) in [6, 6.07) is 1.64. The van der Waals surface area contributed by atoms with Crippen molar-refractivity contribution in [2.24, 2.45) is 5.73 Å². The number of aliphatic hydroxyl groups is 1. The average Bonchev–Trinajstić information content (AvgIpc) is 2.50. The highest BCUT2D eigenvalue weighted by Crippen LogP contribution is 2.19. The van der Waals surface area contributed by atoms with Gasteiger partial charge in [-0.1, -0.05) is 6.92 Å². The molecule has 4 nitrogen and oxygen atoms in total. The van der Waals surface area contributed by atoms with Gasteiger partial charge < -0.3 is 15.3 Å². The first-order chi connectivity index (χ1) is 5.66. The van der Waals surface area contributed by atoms with Crippen LogP contribution in [0.4, 0.5) is 0 Å². The van der Waals surface area contributed by atoms with E-state index in [-0.39, 0.29) is 18.3 Å². The summed E-state index contributed by atoms with van der Waals surface area (Å²) in [6.07, 6.45) is 1.39. The minimum Gasteiger partial charge on any atom is -0.459 e. The van der Waals surface area contributed by atoms with Crippen molar-refractivity contribution >= 4 is 5.91 Å². The zero-order chi connectivity index (χ0) is 9.14. The van der Waals surface area contributed by atoms with Gasteiger partial charge >= 0.3 is 0 Å². The van der Waals surface area contributed by atoms with Crippen molar-refractivity contribution in [3.8, 4) is 0 Å². The number of hydrogen-bond acceptors (Lipinski definition) is 3. The van der Waals surface area contributed by atoms with Crippen LogP contribution in [0.15, 0.2) is 16.7 Å². The molecule has 0 spiro atoms. The van der Waals surface area contributed by atoms with Gasteiger partial charge in [-0.3, -0.25) is 4.79 Å². The molecule has 0 fully saturated rings. The van der Waals surface area contributed by atoms with Crippen LogP contribution in [0.25, 0.3) is 0 Å². The lowest BCUT2D eigenvalue weighted by Gasteiger charge is -2.04. The zero-order valence-corrected chi connectivity index (χ0v) is 6.78. The van der Waals surface area contributed by atoms with Crippen molar-refractivity contribution in [2.45, 2.75) is 12.8 Å². The summed E-state index contributed by atoms with van der Waals surface area (Å²) in [4.78, 5) is 10.8. The molecule has 0 bridgehead atoms. The van der Waals surface area contributed by atoms with E-state index in [1.807, 2.05) is 0 Å². The maximum Gasteiger partial charge on any atom is 0.284 e. The lowest BCUT2D eigenvalue weighted by molar-refractivity contribution is 0.0971. The van der Waals surface area contributed by atoms with Gasteiger partial charge in [0.2, 0.25) is 0 Å². The molecule has 0 aromatic carbocycles. The molecule has 1 unspecified atom stereocenters. The van der Waals surface area contributed by atoms with Gasteiger partial charge in [-0.15, -0.1) is 0 Å². The first-order valence-electron chi connectivity index (χ1n) is 3.65. The fraction of sp³-hybridized carbons (Fsp3) is 0.375. The van der Waals surface area contributed by atoms with Gasteiger partial charge in [0.1, 0.15) is 0 Å². The summed E-state index contributed by atoms with van der Waals surface area (Å²) in [6.45, 7) is 1.76. The monoisotopic (exact) mass is 169 g/mol. The van der Waals surface area contributed by atoms with E-state index in [2.05, 4.69) is 0 Å². The summed E-state index contributed by atoms with van der Waals surface area (Å²) < 4.78 is 4.86. The normalized spacial score (nSPS) is 12.8. The molecule has 4 heteroatoms. The van der Waals surface area contributed by atoms with E-state index < -0.39 is 5.91 Å². The van der Waals surface area contributed by atoms with Gasteiger partial charge in [-0.2, -0.15) is 0 Å². The third-order valence-electron chi connectivity index (χ3n) is 1.72. The number of carbonyl (C=O) groups is 1. The summed E-state index contributed by atoms with van der Waals surface area (Å²) >= 11 is 0. The fourth-order valence-electron chi connectivity index (χ4n) is 1.01. The van der Waals surface area contributed by atoms with E-state index in [0.717, 1.165) is 0 Å². The molecular formula is C8H11NO3. The SMILES string of the molecule is CC(CO)c1ccoc1C(N)=O. The summed E-state index contributed by atoms with van der Waals surface area (Å²) in [5, 5.41) is 8.82. The Bertz CT molecular complexity index is 280. The molecule has 1 aromatic heterocycles. The molecule has 0 saturated heterocycles. The molecular weight excluding hydrogens is 158 g/mol. The van der Waals surface area contributed by atoms with Crippen molar-refractivity contribution in [3.63, 3.8) is 0 Å². The Hall–Kier alpha value is -1.29. The van der Waals surface area contributed by atoms with Gasteiger partial charge in [-0.25, -0.2) is 0 Å². The van der Waals surface area contributed by atoms with E-state index >= 15 is 0 Å². The molecule has 1 amide bonds. The standard InChI is InChI=1S/C8H11NO3/c1-5(4-10)6-2-3-12-7(6)8(9)11/h2-3,5,10H,4H2,1H3,(H2,9,11). The number of carbonyl (C=O) groups excluding carboxylic acids is 1. The highest BCUT2D eigenvalue weighted by molar-refractivity contribution is 5.91. The Labute approximate surface area is 70.0 Å². The first-order valence-corrected chi connectivity index (χ1v) is 3.65. The largest absolute Gasteiger partial charge is 0.459 e. The molecule has 0 saturated carbocycles. The van der Waals surface area contributed by atoms with Crippen LogP contribution in [-0.4, -0.2) is 17.6 Å². The van der Waals surface area contributed by atoms with Crippen LogP contribution in [0.2, 0.25) is 0 Å².